The van der Waals surface area contributed by atoms with E-state index >= 15 is 0 Å². The molecule has 1 amide bonds. The SMILES string of the molecule is COC(=O)C(Br)CNC(=O)c1ccc([N+](=O)[O-])cc1C. The fourth-order valence-electron chi connectivity index (χ4n) is 1.50. The second-order valence-electron chi connectivity index (χ2n) is 3.96. The average Bonchev–Trinajstić information content (AvgIpc) is 2.43. The highest BCUT2D eigenvalue weighted by molar-refractivity contribution is 9.10. The molecule has 0 spiro atoms. The largest absolute Gasteiger partial charge is 0.468 e. The highest BCUT2D eigenvalue weighted by Gasteiger charge is 2.18. The first kappa shape index (κ1) is 16.1. The highest BCUT2D eigenvalue weighted by atomic mass is 79.9. The number of ether oxygens (including phenoxy) is 1. The number of amides is 1. The van der Waals surface area contributed by atoms with Crippen LogP contribution in [-0.2, 0) is 9.53 Å². The van der Waals surface area contributed by atoms with E-state index in [9.17, 15) is 19.7 Å². The standard InChI is InChI=1S/C12H13BrN2O5/c1-7-5-8(15(18)19)3-4-9(7)11(16)14-6-10(13)12(17)20-2/h3-5,10H,6H2,1-2H3,(H,14,16). The van der Waals surface area contributed by atoms with Gasteiger partial charge >= 0.3 is 5.97 Å². The van der Waals surface area contributed by atoms with Gasteiger partial charge in [-0.1, -0.05) is 15.9 Å². The minimum atomic E-state index is -0.644. The molecule has 108 valence electrons. The number of rotatable bonds is 5. The Hall–Kier alpha value is -1.96. The molecule has 0 aliphatic heterocycles. The molecule has 1 rings (SSSR count). The molecule has 0 aromatic heterocycles. The predicted molar refractivity (Wildman–Crippen MR) is 74.9 cm³/mol. The topological polar surface area (TPSA) is 98.5 Å². The van der Waals surface area contributed by atoms with Crippen molar-refractivity contribution in [3.63, 3.8) is 0 Å². The summed E-state index contributed by atoms with van der Waals surface area (Å²) in [6, 6.07) is 3.96. The number of carbonyl (C=O) groups is 2. The van der Waals surface area contributed by atoms with E-state index in [4.69, 9.17) is 0 Å². The van der Waals surface area contributed by atoms with Crippen LogP contribution in [0.1, 0.15) is 15.9 Å². The van der Waals surface area contributed by atoms with Crippen molar-refractivity contribution in [2.24, 2.45) is 0 Å². The molecule has 0 heterocycles. The molecule has 0 saturated heterocycles. The van der Waals surface area contributed by atoms with Crippen molar-refractivity contribution in [1.29, 1.82) is 0 Å². The molecule has 0 saturated carbocycles. The van der Waals surface area contributed by atoms with Crippen molar-refractivity contribution in [2.75, 3.05) is 13.7 Å². The van der Waals surface area contributed by atoms with Gasteiger partial charge < -0.3 is 10.1 Å². The summed E-state index contributed by atoms with van der Waals surface area (Å²) in [6.45, 7) is 1.66. The summed E-state index contributed by atoms with van der Waals surface area (Å²) in [4.78, 5) is 32.5. The quantitative estimate of drug-likeness (QED) is 0.378. The molecule has 1 aromatic carbocycles. The number of nitrogens with zero attached hydrogens (tertiary/aromatic N) is 1. The number of nitrogens with one attached hydrogen (secondary N) is 1. The van der Waals surface area contributed by atoms with Crippen LogP contribution in [0.25, 0.3) is 0 Å². The zero-order valence-electron chi connectivity index (χ0n) is 10.9. The van der Waals surface area contributed by atoms with Gasteiger partial charge in [0.1, 0.15) is 4.83 Å². The van der Waals surface area contributed by atoms with E-state index in [0.29, 0.717) is 11.1 Å². The number of carbonyl (C=O) groups excluding carboxylic acids is 2. The van der Waals surface area contributed by atoms with Crippen LogP contribution >= 0.6 is 15.9 Å². The van der Waals surface area contributed by atoms with E-state index in [-0.39, 0.29) is 12.2 Å². The second kappa shape index (κ2) is 6.99. The van der Waals surface area contributed by atoms with Crippen molar-refractivity contribution < 1.29 is 19.2 Å². The Labute approximate surface area is 123 Å². The number of nitro groups is 1. The Balaban J connectivity index is 2.73. The lowest BCUT2D eigenvalue weighted by atomic mass is 10.1. The molecule has 1 atom stereocenters. The molecule has 0 fully saturated rings. The zero-order valence-corrected chi connectivity index (χ0v) is 12.5. The molecule has 1 unspecified atom stereocenters. The third-order valence-electron chi connectivity index (χ3n) is 2.56. The molecule has 1 N–H and O–H groups in total. The summed E-state index contributed by atoms with van der Waals surface area (Å²) in [7, 11) is 1.25. The Kier molecular flexibility index (Phi) is 5.63. The second-order valence-corrected chi connectivity index (χ2v) is 5.06. The predicted octanol–water partition coefficient (Wildman–Crippen LogP) is 1.57. The van der Waals surface area contributed by atoms with E-state index in [2.05, 4.69) is 26.0 Å². The van der Waals surface area contributed by atoms with Gasteiger partial charge in [-0.25, -0.2) is 0 Å². The summed E-state index contributed by atoms with van der Waals surface area (Å²) in [5.74, 6) is -0.906. The van der Waals surface area contributed by atoms with Crippen molar-refractivity contribution in [3.05, 3.63) is 39.4 Å². The lowest BCUT2D eigenvalue weighted by Gasteiger charge is -2.10. The first-order valence-corrected chi connectivity index (χ1v) is 6.53. The maximum absolute atomic E-state index is 11.9. The number of non-ortho nitro benzene ring substituents is 1. The molecule has 8 heteroatoms. The molecule has 1 aromatic rings. The summed E-state index contributed by atoms with van der Waals surface area (Å²) < 4.78 is 4.50. The molecule has 0 aliphatic carbocycles. The number of methoxy groups -OCH3 is 1. The number of nitro benzene ring substituents is 1. The monoisotopic (exact) mass is 344 g/mol. The van der Waals surface area contributed by atoms with Gasteiger partial charge in [-0.2, -0.15) is 0 Å². The van der Waals surface area contributed by atoms with Gasteiger partial charge in [0.05, 0.1) is 12.0 Å². The molecular weight excluding hydrogens is 332 g/mol. The van der Waals surface area contributed by atoms with Gasteiger partial charge in [0.25, 0.3) is 11.6 Å². The van der Waals surface area contributed by atoms with Gasteiger partial charge in [-0.3, -0.25) is 19.7 Å². The summed E-state index contributed by atoms with van der Waals surface area (Å²) in [6.07, 6.45) is 0. The van der Waals surface area contributed by atoms with Crippen LogP contribution in [0.4, 0.5) is 5.69 Å². The van der Waals surface area contributed by atoms with Crippen LogP contribution in [0.15, 0.2) is 18.2 Å². The smallest absolute Gasteiger partial charge is 0.321 e. The third-order valence-corrected chi connectivity index (χ3v) is 3.26. The number of halogens is 1. The average molecular weight is 345 g/mol. The molecule has 0 radical (unpaired) electrons. The number of hydrogen-bond acceptors (Lipinski definition) is 5. The molecule has 7 nitrogen and oxygen atoms in total. The normalized spacial score (nSPS) is 11.6. The van der Waals surface area contributed by atoms with Crippen LogP contribution < -0.4 is 5.32 Å². The van der Waals surface area contributed by atoms with Gasteiger partial charge in [0.15, 0.2) is 0 Å². The van der Waals surface area contributed by atoms with Gasteiger partial charge in [-0.15, -0.1) is 0 Å². The number of hydrogen-bond donors (Lipinski definition) is 1. The highest BCUT2D eigenvalue weighted by Crippen LogP contribution is 2.17. The number of benzene rings is 1. The van der Waals surface area contributed by atoms with Crippen LogP contribution in [0, 0.1) is 17.0 Å². The van der Waals surface area contributed by atoms with Crippen molar-refractivity contribution in [1.82, 2.24) is 5.32 Å². The lowest BCUT2D eigenvalue weighted by molar-refractivity contribution is -0.384. The number of alkyl halides is 1. The fourth-order valence-corrected chi connectivity index (χ4v) is 1.85. The Morgan fingerprint density at radius 3 is 2.65 bits per heavy atom. The third kappa shape index (κ3) is 4.02. The van der Waals surface area contributed by atoms with E-state index in [1.165, 1.54) is 25.3 Å². The Morgan fingerprint density at radius 2 is 2.15 bits per heavy atom. The molecular formula is C12H13BrN2O5. The van der Waals surface area contributed by atoms with Gasteiger partial charge in [0.2, 0.25) is 0 Å². The number of esters is 1. The van der Waals surface area contributed by atoms with E-state index in [1.54, 1.807) is 6.92 Å². The summed E-state index contributed by atoms with van der Waals surface area (Å²) in [5.41, 5.74) is 0.730. The van der Waals surface area contributed by atoms with E-state index < -0.39 is 21.6 Å². The van der Waals surface area contributed by atoms with Gasteiger partial charge in [-0.05, 0) is 18.6 Å². The van der Waals surface area contributed by atoms with Crippen LogP contribution in [0.5, 0.6) is 0 Å². The first-order chi connectivity index (χ1) is 9.36. The lowest BCUT2D eigenvalue weighted by Crippen LogP contribution is -2.34. The molecule has 20 heavy (non-hydrogen) atoms. The minimum absolute atomic E-state index is 0.0575. The van der Waals surface area contributed by atoms with E-state index in [0.717, 1.165) is 0 Å². The first-order valence-electron chi connectivity index (χ1n) is 5.62. The van der Waals surface area contributed by atoms with Crippen molar-refractivity contribution >= 4 is 33.5 Å². The summed E-state index contributed by atoms with van der Waals surface area (Å²) in [5, 5.41) is 13.2. The molecule has 0 aliphatic rings. The Bertz CT molecular complexity index is 547. The fraction of sp³-hybridized carbons (Fsp3) is 0.333. The minimum Gasteiger partial charge on any atom is -0.468 e. The zero-order chi connectivity index (χ0) is 15.3. The van der Waals surface area contributed by atoms with Crippen LogP contribution in [0.3, 0.4) is 0 Å². The van der Waals surface area contributed by atoms with Crippen LogP contribution in [0.2, 0.25) is 0 Å². The van der Waals surface area contributed by atoms with Gasteiger partial charge in [0, 0.05) is 24.2 Å². The maximum atomic E-state index is 11.9. The number of aryl methyl sites for hydroxylation is 1. The molecule has 0 bridgehead atoms. The van der Waals surface area contributed by atoms with Crippen molar-refractivity contribution in [2.45, 2.75) is 11.8 Å². The Morgan fingerprint density at radius 1 is 1.50 bits per heavy atom. The van der Waals surface area contributed by atoms with E-state index in [1.807, 2.05) is 0 Å². The maximum Gasteiger partial charge on any atom is 0.321 e. The van der Waals surface area contributed by atoms with Crippen LogP contribution in [-0.4, -0.2) is 35.3 Å². The summed E-state index contributed by atoms with van der Waals surface area (Å²) >= 11 is 3.08. The van der Waals surface area contributed by atoms with Crippen molar-refractivity contribution in [3.8, 4) is 0 Å².